The van der Waals surface area contributed by atoms with Gasteiger partial charge in [-0.3, -0.25) is 0 Å². The molecule has 1 aliphatic carbocycles. The largest absolute Gasteiger partial charge is 0.310 e. The molecule has 0 heterocycles. The lowest BCUT2D eigenvalue weighted by atomic mass is 9.82. The van der Waals surface area contributed by atoms with Crippen molar-refractivity contribution in [2.24, 2.45) is 0 Å². The van der Waals surface area contributed by atoms with Gasteiger partial charge >= 0.3 is 0 Å². The third-order valence-electron chi connectivity index (χ3n) is 10.9. The maximum Gasteiger partial charge on any atom is 0.0520 e. The molecule has 0 aromatic heterocycles. The Hall–Kier alpha value is -5.92. The Morgan fingerprint density at radius 3 is 1.74 bits per heavy atom. The molecule has 0 N–H and O–H groups in total. The highest BCUT2D eigenvalue weighted by Crippen LogP contribution is 2.51. The molecule has 1 nitrogen and oxygen atoms in total. The van der Waals surface area contributed by atoms with Crippen LogP contribution in [0.5, 0.6) is 0 Å². The number of hydrogen-bond acceptors (Lipinski definition) is 1. The second-order valence-electron chi connectivity index (χ2n) is 14.3. The van der Waals surface area contributed by atoms with E-state index < -0.39 is 0 Å². The Labute approximate surface area is 295 Å². The molecule has 0 atom stereocenters. The Morgan fingerprint density at radius 1 is 0.400 bits per heavy atom. The van der Waals surface area contributed by atoms with Crippen molar-refractivity contribution in [3.63, 3.8) is 0 Å². The standard InChI is InChI=1S/C49H39N/c1-32-28-37(45-30-36-16-8-9-17-40(36)41-18-10-11-19-42(41)45)29-33(2)48(32)50(38-24-22-35(23-25-38)34-14-6-5-7-15-34)39-26-27-44-43-20-12-13-21-46(43)49(3,4)47(44)31-39/h5-31H,1-4H3. The van der Waals surface area contributed by atoms with Crippen molar-refractivity contribution in [3.05, 3.63) is 186 Å². The zero-order valence-corrected chi connectivity index (χ0v) is 29.0. The molecule has 0 saturated heterocycles. The lowest BCUT2D eigenvalue weighted by Gasteiger charge is -2.31. The van der Waals surface area contributed by atoms with Crippen LogP contribution in [0.25, 0.3) is 54.9 Å². The topological polar surface area (TPSA) is 3.24 Å². The fourth-order valence-electron chi connectivity index (χ4n) is 8.43. The average molecular weight is 642 g/mol. The zero-order chi connectivity index (χ0) is 34.0. The maximum atomic E-state index is 2.47. The molecule has 0 bridgehead atoms. The summed E-state index contributed by atoms with van der Waals surface area (Å²) in [5.41, 5.74) is 16.3. The van der Waals surface area contributed by atoms with Gasteiger partial charge in [-0.25, -0.2) is 0 Å². The van der Waals surface area contributed by atoms with Crippen LogP contribution in [0.15, 0.2) is 164 Å². The molecular formula is C49H39N. The maximum absolute atomic E-state index is 2.47. The zero-order valence-electron chi connectivity index (χ0n) is 29.0. The van der Waals surface area contributed by atoms with Gasteiger partial charge in [0.1, 0.15) is 0 Å². The fourth-order valence-corrected chi connectivity index (χ4v) is 8.43. The van der Waals surface area contributed by atoms with E-state index >= 15 is 0 Å². The lowest BCUT2D eigenvalue weighted by molar-refractivity contribution is 0.660. The fraction of sp³-hybridized carbons (Fsp3) is 0.102. The second-order valence-corrected chi connectivity index (χ2v) is 14.3. The normalized spacial score (nSPS) is 13.0. The molecule has 1 heteroatoms. The molecule has 0 fully saturated rings. The van der Waals surface area contributed by atoms with Gasteiger partial charge in [-0.1, -0.05) is 135 Å². The predicted octanol–water partition coefficient (Wildman–Crippen LogP) is 13.7. The molecule has 0 spiro atoms. The number of anilines is 3. The molecule has 8 aromatic rings. The van der Waals surface area contributed by atoms with Gasteiger partial charge in [0.05, 0.1) is 5.69 Å². The van der Waals surface area contributed by atoms with Gasteiger partial charge in [0.25, 0.3) is 0 Å². The number of aryl methyl sites for hydroxylation is 2. The van der Waals surface area contributed by atoms with Crippen molar-refractivity contribution in [1.82, 2.24) is 0 Å². The molecular weight excluding hydrogens is 603 g/mol. The van der Waals surface area contributed by atoms with Crippen molar-refractivity contribution >= 4 is 38.6 Å². The van der Waals surface area contributed by atoms with Gasteiger partial charge in [-0.15, -0.1) is 0 Å². The van der Waals surface area contributed by atoms with E-state index in [2.05, 4.69) is 196 Å². The average Bonchev–Trinajstić information content (AvgIpc) is 3.38. The number of rotatable bonds is 5. The van der Waals surface area contributed by atoms with Crippen molar-refractivity contribution in [2.45, 2.75) is 33.1 Å². The van der Waals surface area contributed by atoms with E-state index in [4.69, 9.17) is 0 Å². The van der Waals surface area contributed by atoms with Crippen LogP contribution in [-0.2, 0) is 5.41 Å². The van der Waals surface area contributed by atoms with E-state index in [0.29, 0.717) is 0 Å². The first-order chi connectivity index (χ1) is 24.4. The van der Waals surface area contributed by atoms with E-state index in [9.17, 15) is 0 Å². The van der Waals surface area contributed by atoms with Crippen LogP contribution in [0, 0.1) is 13.8 Å². The van der Waals surface area contributed by atoms with E-state index in [-0.39, 0.29) is 5.41 Å². The lowest BCUT2D eigenvalue weighted by Crippen LogP contribution is -2.17. The van der Waals surface area contributed by atoms with Crippen molar-refractivity contribution in [1.29, 1.82) is 0 Å². The summed E-state index contributed by atoms with van der Waals surface area (Å²) in [6.45, 7) is 9.26. The number of benzene rings is 8. The third kappa shape index (κ3) is 4.76. The summed E-state index contributed by atoms with van der Waals surface area (Å²) in [4.78, 5) is 2.47. The second kappa shape index (κ2) is 11.6. The molecule has 50 heavy (non-hydrogen) atoms. The van der Waals surface area contributed by atoms with Crippen LogP contribution in [0.2, 0.25) is 0 Å². The number of fused-ring (bicyclic) bond motifs is 6. The summed E-state index contributed by atoms with van der Waals surface area (Å²) in [7, 11) is 0. The van der Waals surface area contributed by atoms with Crippen molar-refractivity contribution < 1.29 is 0 Å². The molecule has 0 aliphatic heterocycles. The van der Waals surface area contributed by atoms with Crippen LogP contribution in [0.1, 0.15) is 36.1 Å². The van der Waals surface area contributed by atoms with E-state index in [1.54, 1.807) is 0 Å². The Bertz CT molecular complexity index is 2550. The first-order valence-electron chi connectivity index (χ1n) is 17.6. The van der Waals surface area contributed by atoms with Crippen LogP contribution < -0.4 is 4.90 Å². The molecule has 1 aliphatic rings. The Kier molecular flexibility index (Phi) is 7.00. The minimum Gasteiger partial charge on any atom is -0.310 e. The summed E-state index contributed by atoms with van der Waals surface area (Å²) >= 11 is 0. The monoisotopic (exact) mass is 641 g/mol. The molecule has 9 rings (SSSR count). The van der Waals surface area contributed by atoms with Gasteiger partial charge < -0.3 is 4.90 Å². The number of nitrogens with zero attached hydrogens (tertiary/aromatic N) is 1. The van der Waals surface area contributed by atoms with E-state index in [1.165, 1.54) is 88.6 Å². The molecule has 0 saturated carbocycles. The summed E-state index contributed by atoms with van der Waals surface area (Å²) in [6.07, 6.45) is 0. The highest BCUT2D eigenvalue weighted by Gasteiger charge is 2.36. The van der Waals surface area contributed by atoms with Gasteiger partial charge in [-0.05, 0) is 133 Å². The Balaban J connectivity index is 1.23. The summed E-state index contributed by atoms with van der Waals surface area (Å²) in [5.74, 6) is 0. The SMILES string of the molecule is Cc1cc(-c2cc3ccccc3c3ccccc23)cc(C)c1N(c1ccc(-c2ccccc2)cc1)c1ccc2c(c1)C(C)(C)c1ccccc1-2. The Morgan fingerprint density at radius 2 is 0.980 bits per heavy atom. The number of hydrogen-bond donors (Lipinski definition) is 0. The van der Waals surface area contributed by atoms with E-state index in [1.807, 2.05) is 0 Å². The van der Waals surface area contributed by atoms with Gasteiger partial charge in [0.2, 0.25) is 0 Å². The minimum absolute atomic E-state index is 0.0874. The first kappa shape index (κ1) is 30.2. The van der Waals surface area contributed by atoms with Crippen LogP contribution in [0.4, 0.5) is 17.1 Å². The minimum atomic E-state index is -0.0874. The highest BCUT2D eigenvalue weighted by molar-refractivity contribution is 6.14. The van der Waals surface area contributed by atoms with Crippen LogP contribution >= 0.6 is 0 Å². The van der Waals surface area contributed by atoms with Crippen molar-refractivity contribution in [3.8, 4) is 33.4 Å². The van der Waals surface area contributed by atoms with Crippen molar-refractivity contribution in [2.75, 3.05) is 4.90 Å². The van der Waals surface area contributed by atoms with E-state index in [0.717, 1.165) is 5.69 Å². The molecule has 0 amide bonds. The molecule has 0 unspecified atom stereocenters. The molecule has 240 valence electrons. The summed E-state index contributed by atoms with van der Waals surface area (Å²) < 4.78 is 0. The third-order valence-corrected chi connectivity index (χ3v) is 10.9. The first-order valence-corrected chi connectivity index (χ1v) is 17.6. The van der Waals surface area contributed by atoms with Gasteiger partial charge in [-0.2, -0.15) is 0 Å². The van der Waals surface area contributed by atoms with Crippen LogP contribution in [0.3, 0.4) is 0 Å². The van der Waals surface area contributed by atoms with Gasteiger partial charge in [0.15, 0.2) is 0 Å². The smallest absolute Gasteiger partial charge is 0.0520 e. The molecule has 0 radical (unpaired) electrons. The summed E-state index contributed by atoms with van der Waals surface area (Å²) in [5, 5.41) is 5.14. The van der Waals surface area contributed by atoms with Gasteiger partial charge in [0, 0.05) is 16.8 Å². The quantitative estimate of drug-likeness (QED) is 0.169. The predicted molar refractivity (Wildman–Crippen MR) is 214 cm³/mol. The molecule has 8 aromatic carbocycles. The summed E-state index contributed by atoms with van der Waals surface area (Å²) in [6, 6.07) is 60.4. The van der Waals surface area contributed by atoms with Crippen LogP contribution in [-0.4, -0.2) is 0 Å². The highest BCUT2D eigenvalue weighted by atomic mass is 15.1.